The summed E-state index contributed by atoms with van der Waals surface area (Å²) in [7, 11) is 1.54. The van der Waals surface area contributed by atoms with Gasteiger partial charge in [0.15, 0.2) is 0 Å². The van der Waals surface area contributed by atoms with Crippen LogP contribution in [0.15, 0.2) is 53.3 Å². The summed E-state index contributed by atoms with van der Waals surface area (Å²) in [6, 6.07) is 13.5. The van der Waals surface area contributed by atoms with Crippen LogP contribution in [0.2, 0.25) is 5.02 Å². The molecule has 2 aromatic carbocycles. The highest BCUT2D eigenvalue weighted by Crippen LogP contribution is 2.30. The Morgan fingerprint density at radius 3 is 2.45 bits per heavy atom. The number of carbonyl (C=O) groups is 2. The van der Waals surface area contributed by atoms with E-state index < -0.39 is 23.3 Å². The molecule has 0 saturated heterocycles. The molecule has 1 atom stereocenters. The zero-order valence-electron chi connectivity index (χ0n) is 16.4. The summed E-state index contributed by atoms with van der Waals surface area (Å²) < 4.78 is 5.09. The molecule has 2 amide bonds. The summed E-state index contributed by atoms with van der Waals surface area (Å²) in [5.41, 5.74) is 0.746. The van der Waals surface area contributed by atoms with Gasteiger partial charge in [-0.25, -0.2) is 0 Å². The fourth-order valence-electron chi connectivity index (χ4n) is 3.23. The normalized spacial score (nSPS) is 14.9. The van der Waals surface area contributed by atoms with Gasteiger partial charge in [0.1, 0.15) is 11.6 Å². The number of benzene rings is 2. The third-order valence-electron chi connectivity index (χ3n) is 4.73. The third-order valence-corrected chi connectivity index (χ3v) is 4.98. The van der Waals surface area contributed by atoms with Crippen LogP contribution in [-0.2, 0) is 9.59 Å². The van der Waals surface area contributed by atoms with Crippen LogP contribution in [0.25, 0.3) is 0 Å². The molecule has 10 heteroatoms. The molecule has 1 aromatic heterocycles. The summed E-state index contributed by atoms with van der Waals surface area (Å²) in [6.07, 6.45) is -0.163. The molecule has 0 spiro atoms. The van der Waals surface area contributed by atoms with Gasteiger partial charge in [0.2, 0.25) is 17.8 Å². The van der Waals surface area contributed by atoms with Crippen molar-refractivity contribution in [2.45, 2.75) is 12.3 Å². The van der Waals surface area contributed by atoms with E-state index in [1.807, 2.05) is 0 Å². The van der Waals surface area contributed by atoms with Crippen molar-refractivity contribution in [3.63, 3.8) is 0 Å². The van der Waals surface area contributed by atoms with E-state index in [1.165, 1.54) is 0 Å². The maximum atomic E-state index is 12.9. The van der Waals surface area contributed by atoms with Crippen LogP contribution in [0.5, 0.6) is 5.75 Å². The van der Waals surface area contributed by atoms with E-state index in [0.29, 0.717) is 22.1 Å². The first-order valence-corrected chi connectivity index (χ1v) is 9.72. The zero-order chi connectivity index (χ0) is 22.0. The van der Waals surface area contributed by atoms with E-state index >= 15 is 0 Å². The second-order valence-electron chi connectivity index (χ2n) is 6.83. The zero-order valence-corrected chi connectivity index (χ0v) is 17.1. The summed E-state index contributed by atoms with van der Waals surface area (Å²) in [6.45, 7) is 0. The Morgan fingerprint density at radius 1 is 1.10 bits per heavy atom. The Balaban J connectivity index is 1.60. The standard InChI is InChI=1S/C21H18ClN5O4/c1-31-14-8-6-12(7-9-14)23-19(29)15-10-16(28)25-18-17(15)20(30)27-21(26-18)24-13-4-2-11(22)3-5-13/h2-9,15H,10H2,1H3,(H,23,29)(H3,24,25,26,27,28,30). The number of H-pyrrole nitrogens is 1. The third kappa shape index (κ3) is 4.51. The first kappa shape index (κ1) is 20.4. The molecule has 0 aliphatic carbocycles. The van der Waals surface area contributed by atoms with Gasteiger partial charge in [-0.1, -0.05) is 11.6 Å². The Bertz CT molecular complexity index is 1190. The molecule has 1 aliphatic heterocycles. The average Bonchev–Trinajstić information content (AvgIpc) is 2.75. The van der Waals surface area contributed by atoms with E-state index in [1.54, 1.807) is 55.6 Å². The van der Waals surface area contributed by atoms with Crippen molar-refractivity contribution < 1.29 is 14.3 Å². The number of anilines is 4. The molecule has 158 valence electrons. The Labute approximate surface area is 181 Å². The van der Waals surface area contributed by atoms with Crippen LogP contribution < -0.4 is 26.2 Å². The number of carbonyl (C=O) groups excluding carboxylic acids is 2. The first-order chi connectivity index (χ1) is 14.9. The second kappa shape index (κ2) is 8.49. The number of amides is 2. The van der Waals surface area contributed by atoms with Crippen LogP contribution in [-0.4, -0.2) is 28.9 Å². The van der Waals surface area contributed by atoms with Gasteiger partial charge in [0, 0.05) is 22.8 Å². The fourth-order valence-corrected chi connectivity index (χ4v) is 3.35. The number of nitrogens with one attached hydrogen (secondary N) is 4. The van der Waals surface area contributed by atoms with Crippen LogP contribution in [0.3, 0.4) is 0 Å². The Morgan fingerprint density at radius 2 is 1.77 bits per heavy atom. The number of rotatable bonds is 5. The summed E-state index contributed by atoms with van der Waals surface area (Å²) in [5.74, 6) is -1.05. The predicted octanol–water partition coefficient (Wildman–Crippen LogP) is 3.24. The number of hydrogen-bond donors (Lipinski definition) is 4. The van der Waals surface area contributed by atoms with E-state index in [-0.39, 0.29) is 23.8 Å². The summed E-state index contributed by atoms with van der Waals surface area (Å²) in [4.78, 5) is 44.7. The van der Waals surface area contributed by atoms with Crippen molar-refractivity contribution in [3.8, 4) is 5.75 Å². The lowest BCUT2D eigenvalue weighted by atomic mass is 9.92. The molecular formula is C21H18ClN5O4. The molecular weight excluding hydrogens is 422 g/mol. The molecule has 4 rings (SSSR count). The number of aromatic amines is 1. The maximum Gasteiger partial charge on any atom is 0.258 e. The lowest BCUT2D eigenvalue weighted by Crippen LogP contribution is -2.36. The molecule has 1 unspecified atom stereocenters. The minimum absolute atomic E-state index is 0.0475. The molecule has 9 nitrogen and oxygen atoms in total. The van der Waals surface area contributed by atoms with Crippen molar-refractivity contribution in [1.82, 2.24) is 9.97 Å². The van der Waals surface area contributed by atoms with Gasteiger partial charge in [0.25, 0.3) is 5.56 Å². The number of halogens is 1. The van der Waals surface area contributed by atoms with Gasteiger partial charge in [-0.3, -0.25) is 19.4 Å². The SMILES string of the molecule is COc1ccc(NC(=O)C2CC(=O)Nc3nc(Nc4ccc(Cl)cc4)[nH]c(=O)c32)cc1. The summed E-state index contributed by atoms with van der Waals surface area (Å²) >= 11 is 5.88. The maximum absolute atomic E-state index is 12.9. The van der Waals surface area contributed by atoms with Crippen molar-refractivity contribution in [3.05, 3.63) is 69.5 Å². The number of aromatic nitrogens is 2. The van der Waals surface area contributed by atoms with E-state index in [2.05, 4.69) is 25.9 Å². The number of hydrogen-bond acceptors (Lipinski definition) is 6. The van der Waals surface area contributed by atoms with E-state index in [4.69, 9.17) is 16.3 Å². The molecule has 0 fully saturated rings. The first-order valence-electron chi connectivity index (χ1n) is 9.34. The number of methoxy groups -OCH3 is 1. The van der Waals surface area contributed by atoms with Crippen LogP contribution >= 0.6 is 11.6 Å². The minimum Gasteiger partial charge on any atom is -0.497 e. The van der Waals surface area contributed by atoms with Crippen molar-refractivity contribution in [2.75, 3.05) is 23.1 Å². The monoisotopic (exact) mass is 439 g/mol. The minimum atomic E-state index is -0.980. The second-order valence-corrected chi connectivity index (χ2v) is 7.27. The van der Waals surface area contributed by atoms with Crippen LogP contribution in [0.4, 0.5) is 23.1 Å². The Hall–Kier alpha value is -3.85. The van der Waals surface area contributed by atoms with Crippen molar-refractivity contribution in [2.24, 2.45) is 0 Å². The molecule has 31 heavy (non-hydrogen) atoms. The lowest BCUT2D eigenvalue weighted by molar-refractivity contribution is -0.123. The quantitative estimate of drug-likeness (QED) is 0.483. The predicted molar refractivity (Wildman–Crippen MR) is 117 cm³/mol. The van der Waals surface area contributed by atoms with E-state index in [9.17, 15) is 14.4 Å². The van der Waals surface area contributed by atoms with E-state index in [0.717, 1.165) is 0 Å². The van der Waals surface area contributed by atoms with Crippen LogP contribution in [0, 0.1) is 0 Å². The molecule has 0 saturated carbocycles. The smallest absolute Gasteiger partial charge is 0.258 e. The molecule has 3 aromatic rings. The highest BCUT2D eigenvalue weighted by molar-refractivity contribution is 6.30. The number of nitrogens with zero attached hydrogens (tertiary/aromatic N) is 1. The fraction of sp³-hybridized carbons (Fsp3) is 0.143. The van der Waals surface area contributed by atoms with Crippen LogP contribution in [0.1, 0.15) is 17.9 Å². The average molecular weight is 440 g/mol. The highest BCUT2D eigenvalue weighted by Gasteiger charge is 2.34. The topological polar surface area (TPSA) is 125 Å². The van der Waals surface area contributed by atoms with Gasteiger partial charge in [-0.2, -0.15) is 4.98 Å². The molecule has 2 heterocycles. The molecule has 4 N–H and O–H groups in total. The highest BCUT2D eigenvalue weighted by atomic mass is 35.5. The Kier molecular flexibility index (Phi) is 5.59. The lowest BCUT2D eigenvalue weighted by Gasteiger charge is -2.23. The van der Waals surface area contributed by atoms with Crippen molar-refractivity contribution in [1.29, 1.82) is 0 Å². The molecule has 0 radical (unpaired) electrons. The molecule has 0 bridgehead atoms. The number of ether oxygens (including phenoxy) is 1. The van der Waals surface area contributed by atoms with Gasteiger partial charge in [-0.15, -0.1) is 0 Å². The van der Waals surface area contributed by atoms with Gasteiger partial charge < -0.3 is 20.7 Å². The van der Waals surface area contributed by atoms with Gasteiger partial charge >= 0.3 is 0 Å². The molecule has 1 aliphatic rings. The van der Waals surface area contributed by atoms with Crippen molar-refractivity contribution >= 4 is 46.6 Å². The summed E-state index contributed by atoms with van der Waals surface area (Å²) in [5, 5.41) is 8.81. The van der Waals surface area contributed by atoms with Gasteiger partial charge in [0.05, 0.1) is 18.6 Å². The van der Waals surface area contributed by atoms with Gasteiger partial charge in [-0.05, 0) is 48.5 Å². The number of fused-ring (bicyclic) bond motifs is 1. The largest absolute Gasteiger partial charge is 0.497 e.